The van der Waals surface area contributed by atoms with Crippen LogP contribution < -0.4 is 4.90 Å². The molecule has 4 heteroatoms. The summed E-state index contributed by atoms with van der Waals surface area (Å²) in [5.41, 5.74) is 1.55. The van der Waals surface area contributed by atoms with Crippen LogP contribution in [0, 0.1) is 12.3 Å². The van der Waals surface area contributed by atoms with Crippen molar-refractivity contribution in [2.45, 2.75) is 27.7 Å². The number of aryl methyl sites for hydroxylation is 1. The molecule has 0 unspecified atom stereocenters. The second-order valence-electron chi connectivity index (χ2n) is 6.09. The van der Waals surface area contributed by atoms with Crippen LogP contribution in [-0.4, -0.2) is 42.0 Å². The minimum Gasteiger partial charge on any atom is -0.355 e. The molecule has 1 amide bonds. The first kappa shape index (κ1) is 15.5. The summed E-state index contributed by atoms with van der Waals surface area (Å²) in [6.45, 7) is 11.6. The maximum absolute atomic E-state index is 11.1. The summed E-state index contributed by atoms with van der Waals surface area (Å²) >= 11 is 0. The van der Waals surface area contributed by atoms with Crippen LogP contribution in [-0.2, 0) is 4.79 Å². The van der Waals surface area contributed by atoms with E-state index in [4.69, 9.17) is 0 Å². The number of pyridine rings is 1. The smallest absolute Gasteiger partial charge is 0.219 e. The lowest BCUT2D eigenvalue weighted by atomic mass is 9.73. The van der Waals surface area contributed by atoms with E-state index in [1.54, 1.807) is 6.92 Å². The Morgan fingerprint density at radius 2 is 1.81 bits per heavy atom. The Hall–Kier alpha value is -1.84. The van der Waals surface area contributed by atoms with Crippen molar-refractivity contribution < 1.29 is 4.79 Å². The maximum atomic E-state index is 11.1. The first-order valence-corrected chi connectivity index (χ1v) is 7.50. The molecule has 21 heavy (non-hydrogen) atoms. The third-order valence-electron chi connectivity index (χ3n) is 4.10. The molecule has 0 saturated carbocycles. The molecule has 2 aliphatic rings. The van der Waals surface area contributed by atoms with Crippen LogP contribution in [0.2, 0.25) is 0 Å². The van der Waals surface area contributed by atoms with Crippen LogP contribution in [0.15, 0.2) is 30.5 Å². The lowest BCUT2D eigenvalue weighted by molar-refractivity contribution is -0.142. The van der Waals surface area contributed by atoms with Crippen LogP contribution in [0.5, 0.6) is 0 Å². The Labute approximate surface area is 127 Å². The Morgan fingerprint density at radius 3 is 2.24 bits per heavy atom. The second kappa shape index (κ2) is 6.29. The fourth-order valence-corrected chi connectivity index (χ4v) is 2.76. The van der Waals surface area contributed by atoms with E-state index in [-0.39, 0.29) is 5.91 Å². The number of hydrogen-bond donors (Lipinski definition) is 0. The number of nitrogens with zero attached hydrogens (tertiary/aromatic N) is 3. The molecule has 2 saturated heterocycles. The van der Waals surface area contributed by atoms with Crippen LogP contribution in [0.1, 0.15) is 26.3 Å². The molecule has 3 rings (SSSR count). The standard InChI is InChI=1S/C13H17N3O.C4H8/c1-10-3-4-12(14-5-10)16-8-13(9-16)6-15(7-13)11(2)17;1-3-4-2/h3-5H,6-9H2,1-2H3;3-4H,1-2H3/b;4-3-. The van der Waals surface area contributed by atoms with Gasteiger partial charge in [-0.15, -0.1) is 0 Å². The molecule has 0 atom stereocenters. The summed E-state index contributed by atoms with van der Waals surface area (Å²) in [5.74, 6) is 1.25. The van der Waals surface area contributed by atoms with Crippen molar-refractivity contribution in [1.29, 1.82) is 0 Å². The molecule has 1 aromatic rings. The molecule has 3 heterocycles. The minimum atomic E-state index is 0.197. The van der Waals surface area contributed by atoms with Crippen molar-refractivity contribution in [3.8, 4) is 0 Å². The summed E-state index contributed by atoms with van der Waals surface area (Å²) < 4.78 is 0. The van der Waals surface area contributed by atoms with Crippen molar-refractivity contribution in [1.82, 2.24) is 9.88 Å². The van der Waals surface area contributed by atoms with E-state index < -0.39 is 0 Å². The van der Waals surface area contributed by atoms with Crippen LogP contribution in [0.3, 0.4) is 0 Å². The Bertz CT molecular complexity index is 503. The first-order valence-electron chi connectivity index (χ1n) is 7.50. The highest BCUT2D eigenvalue weighted by molar-refractivity contribution is 5.74. The van der Waals surface area contributed by atoms with Gasteiger partial charge < -0.3 is 9.80 Å². The summed E-state index contributed by atoms with van der Waals surface area (Å²) in [6, 6.07) is 4.17. The zero-order valence-electron chi connectivity index (χ0n) is 13.5. The van der Waals surface area contributed by atoms with Crippen molar-refractivity contribution in [2.24, 2.45) is 5.41 Å². The van der Waals surface area contributed by atoms with Gasteiger partial charge in [-0.2, -0.15) is 0 Å². The average molecular weight is 287 g/mol. The van der Waals surface area contributed by atoms with E-state index in [0.29, 0.717) is 5.41 Å². The Morgan fingerprint density at radius 1 is 1.19 bits per heavy atom. The van der Waals surface area contributed by atoms with Crippen LogP contribution >= 0.6 is 0 Å². The van der Waals surface area contributed by atoms with E-state index in [1.165, 1.54) is 5.56 Å². The van der Waals surface area contributed by atoms with E-state index >= 15 is 0 Å². The van der Waals surface area contributed by atoms with Gasteiger partial charge in [-0.05, 0) is 32.4 Å². The predicted molar refractivity (Wildman–Crippen MR) is 86.4 cm³/mol. The molecule has 0 aliphatic carbocycles. The van der Waals surface area contributed by atoms with Crippen molar-refractivity contribution in [2.75, 3.05) is 31.1 Å². The summed E-state index contributed by atoms with van der Waals surface area (Å²) in [5, 5.41) is 0. The van der Waals surface area contributed by atoms with Gasteiger partial charge in [0.15, 0.2) is 0 Å². The number of allylic oxidation sites excluding steroid dienone is 2. The van der Waals surface area contributed by atoms with Crippen LogP contribution in [0.25, 0.3) is 0 Å². The third kappa shape index (κ3) is 3.43. The summed E-state index contributed by atoms with van der Waals surface area (Å²) in [6.07, 6.45) is 5.91. The molecule has 4 nitrogen and oxygen atoms in total. The number of aromatic nitrogens is 1. The van der Waals surface area contributed by atoms with Gasteiger partial charge in [0.2, 0.25) is 5.91 Å². The number of rotatable bonds is 1. The highest BCUT2D eigenvalue weighted by Gasteiger charge is 2.52. The number of amides is 1. The van der Waals surface area contributed by atoms with Gasteiger partial charge in [-0.3, -0.25) is 4.79 Å². The lowest BCUT2D eigenvalue weighted by Gasteiger charge is -2.60. The summed E-state index contributed by atoms with van der Waals surface area (Å²) in [4.78, 5) is 19.8. The van der Waals surface area contributed by atoms with Crippen molar-refractivity contribution >= 4 is 11.7 Å². The predicted octanol–water partition coefficient (Wildman–Crippen LogP) is 2.64. The van der Waals surface area contributed by atoms with Gasteiger partial charge in [0.25, 0.3) is 0 Å². The zero-order chi connectivity index (χ0) is 15.5. The number of anilines is 1. The number of hydrogen-bond acceptors (Lipinski definition) is 3. The fraction of sp³-hybridized carbons (Fsp3) is 0.529. The molecule has 2 fully saturated rings. The van der Waals surface area contributed by atoms with E-state index in [9.17, 15) is 4.79 Å². The minimum absolute atomic E-state index is 0.197. The molecule has 0 bridgehead atoms. The monoisotopic (exact) mass is 287 g/mol. The second-order valence-corrected chi connectivity index (χ2v) is 6.09. The number of carbonyl (C=O) groups excluding carboxylic acids is 1. The highest BCUT2D eigenvalue weighted by atomic mass is 16.2. The molecule has 0 aromatic carbocycles. The largest absolute Gasteiger partial charge is 0.355 e. The molecule has 0 radical (unpaired) electrons. The van der Waals surface area contributed by atoms with Gasteiger partial charge in [0.05, 0.1) is 0 Å². The third-order valence-corrected chi connectivity index (χ3v) is 4.10. The normalized spacial score (nSPS) is 18.9. The van der Waals surface area contributed by atoms with E-state index in [2.05, 4.69) is 22.0 Å². The topological polar surface area (TPSA) is 36.4 Å². The van der Waals surface area contributed by atoms with Gasteiger partial charge in [0.1, 0.15) is 5.82 Å². The zero-order valence-corrected chi connectivity index (χ0v) is 13.5. The van der Waals surface area contributed by atoms with Crippen LogP contribution in [0.4, 0.5) is 5.82 Å². The first-order chi connectivity index (χ1) is 9.99. The molecule has 2 aliphatic heterocycles. The molecule has 114 valence electrons. The van der Waals surface area contributed by atoms with Gasteiger partial charge in [-0.1, -0.05) is 18.2 Å². The van der Waals surface area contributed by atoms with Crippen molar-refractivity contribution in [3.63, 3.8) is 0 Å². The van der Waals surface area contributed by atoms with Crippen molar-refractivity contribution in [3.05, 3.63) is 36.0 Å². The number of carbonyl (C=O) groups is 1. The molecule has 0 N–H and O–H groups in total. The fourth-order valence-electron chi connectivity index (χ4n) is 2.76. The van der Waals surface area contributed by atoms with E-state index in [0.717, 1.165) is 32.0 Å². The van der Waals surface area contributed by atoms with Gasteiger partial charge >= 0.3 is 0 Å². The van der Waals surface area contributed by atoms with E-state index in [1.807, 2.05) is 44.0 Å². The number of likely N-dealkylation sites (tertiary alicyclic amines) is 1. The molecule has 1 spiro atoms. The Kier molecular flexibility index (Phi) is 4.66. The molecular weight excluding hydrogens is 262 g/mol. The summed E-state index contributed by atoms with van der Waals surface area (Å²) in [7, 11) is 0. The lowest BCUT2D eigenvalue weighted by Crippen LogP contribution is -2.73. The van der Waals surface area contributed by atoms with Gasteiger partial charge in [-0.25, -0.2) is 4.98 Å². The Balaban J connectivity index is 0.000000361. The highest BCUT2D eigenvalue weighted by Crippen LogP contribution is 2.41. The maximum Gasteiger partial charge on any atom is 0.219 e. The quantitative estimate of drug-likeness (QED) is 0.745. The SMILES string of the molecule is C/C=C\C.CC(=O)N1CC2(C1)CN(c1ccc(C)cn1)C2. The molecular formula is C17H25N3O. The molecule has 1 aromatic heterocycles. The van der Waals surface area contributed by atoms with Gasteiger partial charge in [0, 0.05) is 44.7 Å². The average Bonchev–Trinajstić information content (AvgIpc) is 2.37.